The minimum Gasteiger partial charge on any atom is -0.0683 e. The van der Waals surface area contributed by atoms with Crippen LogP contribution in [0.4, 0.5) is 0 Å². The van der Waals surface area contributed by atoms with E-state index in [0.717, 1.165) is 0 Å². The Morgan fingerprint density at radius 2 is 2.33 bits per heavy atom. The van der Waals surface area contributed by atoms with E-state index in [-0.39, 0.29) is 0 Å². The summed E-state index contributed by atoms with van der Waals surface area (Å²) in [7, 11) is 0.468. The SMILES string of the molecule is CC[SiH2]C1CC1. The second-order valence-electron chi connectivity index (χ2n) is 2.23. The topological polar surface area (TPSA) is 0 Å². The van der Waals surface area contributed by atoms with Crippen LogP contribution in [0.25, 0.3) is 0 Å². The molecule has 0 saturated heterocycles. The van der Waals surface area contributed by atoms with Gasteiger partial charge in [0.25, 0.3) is 0 Å². The average molecular weight is 100 g/mol. The molecule has 1 aliphatic carbocycles. The Hall–Kier alpha value is 0.217. The molecule has 0 N–H and O–H groups in total. The zero-order chi connectivity index (χ0) is 4.41. The van der Waals surface area contributed by atoms with Gasteiger partial charge in [0, 0.05) is 9.52 Å². The van der Waals surface area contributed by atoms with E-state index in [1.165, 1.54) is 11.6 Å². The first kappa shape index (κ1) is 4.38. The van der Waals surface area contributed by atoms with Crippen LogP contribution in [0, 0.1) is 0 Å². The van der Waals surface area contributed by atoms with E-state index in [1.54, 1.807) is 12.8 Å². The van der Waals surface area contributed by atoms with E-state index in [2.05, 4.69) is 6.92 Å². The summed E-state index contributed by atoms with van der Waals surface area (Å²) in [5.41, 5.74) is 1.29. The molecule has 0 nitrogen and oxygen atoms in total. The van der Waals surface area contributed by atoms with E-state index in [4.69, 9.17) is 0 Å². The lowest BCUT2D eigenvalue weighted by atomic mass is 10.9. The fraction of sp³-hybridized carbons (Fsp3) is 1.00. The molecule has 0 spiro atoms. The quantitative estimate of drug-likeness (QED) is 0.457. The van der Waals surface area contributed by atoms with E-state index in [1.807, 2.05) is 0 Å². The summed E-state index contributed by atoms with van der Waals surface area (Å²) in [4.78, 5) is 0. The highest BCUT2D eigenvalue weighted by Crippen LogP contribution is 2.35. The van der Waals surface area contributed by atoms with Gasteiger partial charge in [0.2, 0.25) is 0 Å². The summed E-state index contributed by atoms with van der Waals surface area (Å²) in [5.74, 6) is 0. The highest BCUT2D eigenvalue weighted by atomic mass is 28.2. The fourth-order valence-corrected chi connectivity index (χ4v) is 2.44. The molecule has 0 amide bonds. The van der Waals surface area contributed by atoms with Gasteiger partial charge in [0.05, 0.1) is 0 Å². The van der Waals surface area contributed by atoms with Crippen molar-refractivity contribution in [1.29, 1.82) is 0 Å². The fourth-order valence-electron chi connectivity index (χ4n) is 0.815. The van der Waals surface area contributed by atoms with E-state index in [0.29, 0.717) is 9.52 Å². The van der Waals surface area contributed by atoms with E-state index in [9.17, 15) is 0 Å². The molecule has 0 aliphatic heterocycles. The van der Waals surface area contributed by atoms with Gasteiger partial charge in [-0.2, -0.15) is 0 Å². The van der Waals surface area contributed by atoms with Crippen molar-refractivity contribution in [3.05, 3.63) is 0 Å². The molecule has 0 unspecified atom stereocenters. The van der Waals surface area contributed by atoms with Gasteiger partial charge in [-0.3, -0.25) is 0 Å². The van der Waals surface area contributed by atoms with Gasteiger partial charge in [0.15, 0.2) is 0 Å². The summed E-state index contributed by atoms with van der Waals surface area (Å²) in [6.07, 6.45) is 3.17. The Morgan fingerprint density at radius 1 is 1.67 bits per heavy atom. The molecule has 36 valence electrons. The average Bonchev–Trinajstić information content (AvgIpc) is 2.21. The maximum atomic E-state index is 2.32. The molecule has 1 saturated carbocycles. The third kappa shape index (κ3) is 1.13. The van der Waals surface area contributed by atoms with Crippen molar-refractivity contribution in [2.24, 2.45) is 0 Å². The summed E-state index contributed by atoms with van der Waals surface area (Å²) in [6.45, 7) is 2.32. The van der Waals surface area contributed by atoms with Crippen LogP contribution in [0.2, 0.25) is 11.6 Å². The van der Waals surface area contributed by atoms with Crippen LogP contribution in [0.5, 0.6) is 0 Å². The Labute approximate surface area is 41.8 Å². The molecule has 0 atom stereocenters. The zero-order valence-electron chi connectivity index (χ0n) is 4.41. The lowest BCUT2D eigenvalue weighted by molar-refractivity contribution is 1.34. The van der Waals surface area contributed by atoms with E-state index < -0.39 is 0 Å². The largest absolute Gasteiger partial charge is 0.0683 e. The number of hydrogen-bond acceptors (Lipinski definition) is 0. The number of rotatable bonds is 2. The van der Waals surface area contributed by atoms with Gasteiger partial charge in [-0.05, 0) is 0 Å². The van der Waals surface area contributed by atoms with Gasteiger partial charge >= 0.3 is 0 Å². The molecule has 0 aromatic carbocycles. The highest BCUT2D eigenvalue weighted by molar-refractivity contribution is 6.38. The molecule has 1 fully saturated rings. The van der Waals surface area contributed by atoms with Crippen molar-refractivity contribution >= 4 is 9.52 Å². The van der Waals surface area contributed by atoms with Gasteiger partial charge < -0.3 is 0 Å². The first-order chi connectivity index (χ1) is 2.93. The van der Waals surface area contributed by atoms with Gasteiger partial charge in [-0.1, -0.05) is 31.4 Å². The molecular formula is C5H12Si. The van der Waals surface area contributed by atoms with Gasteiger partial charge in [-0.25, -0.2) is 0 Å². The normalized spacial score (nSPS) is 23.5. The number of hydrogen-bond donors (Lipinski definition) is 0. The van der Waals surface area contributed by atoms with Gasteiger partial charge in [-0.15, -0.1) is 0 Å². The molecular weight excluding hydrogens is 88.1 g/mol. The van der Waals surface area contributed by atoms with Crippen LogP contribution in [-0.4, -0.2) is 9.52 Å². The molecule has 0 aromatic rings. The molecule has 1 rings (SSSR count). The second-order valence-corrected chi connectivity index (χ2v) is 4.96. The van der Waals surface area contributed by atoms with Crippen LogP contribution in [0.15, 0.2) is 0 Å². The Balaban J connectivity index is 1.88. The monoisotopic (exact) mass is 100 g/mol. The highest BCUT2D eigenvalue weighted by Gasteiger charge is 2.19. The van der Waals surface area contributed by atoms with Crippen molar-refractivity contribution < 1.29 is 0 Å². The predicted molar refractivity (Wildman–Crippen MR) is 32.0 cm³/mol. The van der Waals surface area contributed by atoms with Crippen LogP contribution in [0.1, 0.15) is 19.8 Å². The first-order valence-corrected chi connectivity index (χ1v) is 4.75. The maximum absolute atomic E-state index is 2.32. The van der Waals surface area contributed by atoms with Crippen molar-refractivity contribution in [1.82, 2.24) is 0 Å². The maximum Gasteiger partial charge on any atom is 0.0229 e. The zero-order valence-corrected chi connectivity index (χ0v) is 5.82. The minimum absolute atomic E-state index is 0.468. The van der Waals surface area contributed by atoms with E-state index >= 15 is 0 Å². The van der Waals surface area contributed by atoms with Crippen molar-refractivity contribution in [2.75, 3.05) is 0 Å². The minimum atomic E-state index is 0.468. The summed E-state index contributed by atoms with van der Waals surface area (Å²) >= 11 is 0. The van der Waals surface area contributed by atoms with Gasteiger partial charge in [0.1, 0.15) is 0 Å². The Kier molecular flexibility index (Phi) is 1.30. The Morgan fingerprint density at radius 3 is 2.50 bits per heavy atom. The van der Waals surface area contributed by atoms with Crippen molar-refractivity contribution in [2.45, 2.75) is 31.4 Å². The lowest BCUT2D eigenvalue weighted by Crippen LogP contribution is -1.80. The summed E-state index contributed by atoms with van der Waals surface area (Å²) in [6, 6.07) is 1.53. The smallest absolute Gasteiger partial charge is 0.0229 e. The molecule has 0 radical (unpaired) electrons. The van der Waals surface area contributed by atoms with Crippen molar-refractivity contribution in [3.63, 3.8) is 0 Å². The molecule has 6 heavy (non-hydrogen) atoms. The third-order valence-electron chi connectivity index (χ3n) is 1.39. The lowest BCUT2D eigenvalue weighted by Gasteiger charge is -1.81. The summed E-state index contributed by atoms with van der Waals surface area (Å²) in [5, 5.41) is 0. The van der Waals surface area contributed by atoms with Crippen LogP contribution < -0.4 is 0 Å². The Bertz CT molecular complexity index is 39.2. The van der Waals surface area contributed by atoms with Crippen LogP contribution >= 0.6 is 0 Å². The summed E-state index contributed by atoms with van der Waals surface area (Å²) < 4.78 is 0. The third-order valence-corrected chi connectivity index (χ3v) is 3.60. The van der Waals surface area contributed by atoms with Crippen LogP contribution in [0.3, 0.4) is 0 Å². The molecule has 1 aliphatic rings. The second kappa shape index (κ2) is 1.78. The standard InChI is InChI=1S/C5H12Si/c1-2-6-5-3-4-5/h5H,2-4,6H2,1H3. The molecule has 0 aromatic heterocycles. The molecule has 0 heterocycles. The predicted octanol–water partition coefficient (Wildman–Crippen LogP) is 1.18. The molecule has 0 bridgehead atoms. The first-order valence-electron chi connectivity index (χ1n) is 2.93. The molecule has 1 heteroatoms. The van der Waals surface area contributed by atoms with Crippen molar-refractivity contribution in [3.8, 4) is 0 Å². The van der Waals surface area contributed by atoms with Crippen LogP contribution in [-0.2, 0) is 0 Å².